The Morgan fingerprint density at radius 2 is 0.979 bits per heavy atom. The molecule has 1 aliphatic rings. The van der Waals surface area contributed by atoms with Gasteiger partial charge in [-0.05, 0) is 95.3 Å². The molecule has 1 aromatic heterocycles. The van der Waals surface area contributed by atoms with E-state index in [-0.39, 0.29) is 0 Å². The zero-order valence-electron chi connectivity index (χ0n) is 25.5. The summed E-state index contributed by atoms with van der Waals surface area (Å²) in [6.45, 7) is 0. The van der Waals surface area contributed by atoms with Gasteiger partial charge in [0.25, 0.3) is 0 Å². The Balaban J connectivity index is 1.14. The molecule has 0 radical (unpaired) electrons. The Morgan fingerprint density at radius 1 is 0.319 bits per heavy atom. The van der Waals surface area contributed by atoms with Gasteiger partial charge in [0.2, 0.25) is 0 Å². The van der Waals surface area contributed by atoms with Gasteiger partial charge in [0.15, 0.2) is 0 Å². The van der Waals surface area contributed by atoms with Gasteiger partial charge in [-0.3, -0.25) is 0 Å². The Kier molecular flexibility index (Phi) is 4.90. The highest BCUT2D eigenvalue weighted by molar-refractivity contribution is 6.36. The van der Waals surface area contributed by atoms with Crippen LogP contribution < -0.4 is 0 Å². The van der Waals surface area contributed by atoms with Crippen LogP contribution in [0.3, 0.4) is 0 Å². The highest BCUT2D eigenvalue weighted by Gasteiger charge is 2.22. The van der Waals surface area contributed by atoms with Crippen molar-refractivity contribution < 1.29 is 0 Å². The van der Waals surface area contributed by atoms with Crippen LogP contribution >= 0.6 is 0 Å². The lowest BCUT2D eigenvalue weighted by atomic mass is 9.93. The number of fused-ring (bicyclic) bond motifs is 13. The number of benzene rings is 9. The predicted molar refractivity (Wildman–Crippen MR) is 201 cm³/mol. The third kappa shape index (κ3) is 3.33. The van der Waals surface area contributed by atoms with Crippen LogP contribution in [-0.4, -0.2) is 4.57 Å². The van der Waals surface area contributed by atoms with Gasteiger partial charge in [0.1, 0.15) is 0 Å². The molecule has 1 heteroatoms. The fourth-order valence-corrected chi connectivity index (χ4v) is 8.49. The van der Waals surface area contributed by atoms with Crippen molar-refractivity contribution in [3.63, 3.8) is 0 Å². The van der Waals surface area contributed by atoms with E-state index in [9.17, 15) is 0 Å². The van der Waals surface area contributed by atoms with Gasteiger partial charge in [0.05, 0.1) is 11.0 Å². The summed E-state index contributed by atoms with van der Waals surface area (Å²) in [5, 5.41) is 13.1. The zero-order valence-corrected chi connectivity index (χ0v) is 25.5. The van der Waals surface area contributed by atoms with Crippen LogP contribution in [0.2, 0.25) is 0 Å². The van der Waals surface area contributed by atoms with Crippen molar-refractivity contribution in [3.05, 3.63) is 164 Å². The molecule has 11 rings (SSSR count). The van der Waals surface area contributed by atoms with E-state index < -0.39 is 0 Å². The Labute approximate surface area is 271 Å². The highest BCUT2D eigenvalue weighted by atomic mass is 15.0. The van der Waals surface area contributed by atoms with Crippen LogP contribution in [0.5, 0.6) is 0 Å². The standard InChI is InChI=1S/C46H27N/c1-2-12-33-29(9-1)21-26-40-44(33)36-13-3-4-14-38(36)46-45(40)39-15-5-6-18-42(39)47(46)32-23-19-28(20-24-32)31-22-25-34-35-16-7-10-30-11-8-17-37(43(30)35)41(34)27-31/h1-27H. The summed E-state index contributed by atoms with van der Waals surface area (Å²) in [6.07, 6.45) is 0. The number of hydrogen-bond donors (Lipinski definition) is 0. The second-order valence-electron chi connectivity index (χ2n) is 12.8. The van der Waals surface area contributed by atoms with E-state index in [1.807, 2.05) is 0 Å². The van der Waals surface area contributed by atoms with Gasteiger partial charge in [-0.15, -0.1) is 0 Å². The predicted octanol–water partition coefficient (Wildman–Crippen LogP) is 12.7. The van der Waals surface area contributed by atoms with Crippen LogP contribution in [0.25, 0.3) is 104 Å². The largest absolute Gasteiger partial charge is 0.309 e. The molecule has 216 valence electrons. The Hall–Kier alpha value is -6.18. The average Bonchev–Trinajstić information content (AvgIpc) is 3.66. The average molecular weight is 594 g/mol. The normalized spacial score (nSPS) is 12.3. The minimum absolute atomic E-state index is 1.17. The molecule has 1 aliphatic carbocycles. The first-order valence-corrected chi connectivity index (χ1v) is 16.4. The maximum absolute atomic E-state index is 2.48. The topological polar surface area (TPSA) is 4.93 Å². The molecule has 0 saturated heterocycles. The molecule has 0 saturated carbocycles. The van der Waals surface area contributed by atoms with Crippen molar-refractivity contribution in [1.29, 1.82) is 0 Å². The fraction of sp³-hybridized carbons (Fsp3) is 0. The molecular weight excluding hydrogens is 567 g/mol. The molecular formula is C46H27N. The molecule has 0 atom stereocenters. The van der Waals surface area contributed by atoms with Crippen molar-refractivity contribution in [2.45, 2.75) is 0 Å². The fourth-order valence-electron chi connectivity index (χ4n) is 8.49. The molecule has 1 heterocycles. The van der Waals surface area contributed by atoms with Gasteiger partial charge in [-0.1, -0.05) is 140 Å². The molecule has 0 bridgehead atoms. The summed E-state index contributed by atoms with van der Waals surface area (Å²) in [7, 11) is 0. The first-order chi connectivity index (χ1) is 23.3. The maximum atomic E-state index is 2.48. The summed E-state index contributed by atoms with van der Waals surface area (Å²) in [6, 6.07) is 60.7. The van der Waals surface area contributed by atoms with Gasteiger partial charge in [0, 0.05) is 21.8 Å². The third-order valence-electron chi connectivity index (χ3n) is 10.5. The first kappa shape index (κ1) is 25.1. The number of nitrogens with zero attached hydrogens (tertiary/aromatic N) is 1. The first-order valence-electron chi connectivity index (χ1n) is 16.4. The van der Waals surface area contributed by atoms with Crippen molar-refractivity contribution in [3.8, 4) is 39.1 Å². The lowest BCUT2D eigenvalue weighted by molar-refractivity contribution is 1.19. The third-order valence-corrected chi connectivity index (χ3v) is 10.5. The van der Waals surface area contributed by atoms with Gasteiger partial charge < -0.3 is 4.57 Å². The zero-order chi connectivity index (χ0) is 30.6. The minimum atomic E-state index is 1.17. The Bertz CT molecular complexity index is 2940. The monoisotopic (exact) mass is 593 g/mol. The molecule has 0 spiro atoms. The molecule has 1 nitrogen and oxygen atoms in total. The molecule has 10 aromatic rings. The molecule has 0 aliphatic heterocycles. The number of aromatic nitrogens is 1. The van der Waals surface area contributed by atoms with Gasteiger partial charge in [-0.25, -0.2) is 0 Å². The molecule has 0 unspecified atom stereocenters. The second-order valence-corrected chi connectivity index (χ2v) is 12.8. The molecule has 47 heavy (non-hydrogen) atoms. The smallest absolute Gasteiger partial charge is 0.0625 e. The van der Waals surface area contributed by atoms with Crippen molar-refractivity contribution in [2.75, 3.05) is 0 Å². The Morgan fingerprint density at radius 3 is 1.81 bits per heavy atom. The van der Waals surface area contributed by atoms with Crippen molar-refractivity contribution in [2.24, 2.45) is 0 Å². The van der Waals surface area contributed by atoms with E-state index in [4.69, 9.17) is 0 Å². The van der Waals surface area contributed by atoms with E-state index in [2.05, 4.69) is 168 Å². The quantitative estimate of drug-likeness (QED) is 0.176. The molecule has 9 aromatic carbocycles. The van der Waals surface area contributed by atoms with E-state index in [0.29, 0.717) is 0 Å². The van der Waals surface area contributed by atoms with Crippen molar-refractivity contribution >= 4 is 64.9 Å². The molecule has 0 amide bonds. The van der Waals surface area contributed by atoms with E-state index in [1.165, 1.54) is 104 Å². The summed E-state index contributed by atoms with van der Waals surface area (Å²) in [5.74, 6) is 0. The SMILES string of the molecule is c1cc2c3c(cccc3c1)-c1cc(-c3ccc(-n4c5ccccc5c5c6ccc7ccccc7c6c6ccccc6c54)cc3)ccc1-2. The van der Waals surface area contributed by atoms with Crippen LogP contribution in [-0.2, 0) is 0 Å². The maximum Gasteiger partial charge on any atom is 0.0625 e. The minimum Gasteiger partial charge on any atom is -0.309 e. The van der Waals surface area contributed by atoms with Gasteiger partial charge in [-0.2, -0.15) is 0 Å². The number of rotatable bonds is 2. The summed E-state index contributed by atoms with van der Waals surface area (Å²) >= 11 is 0. The summed E-state index contributed by atoms with van der Waals surface area (Å²) in [4.78, 5) is 0. The molecule has 0 N–H and O–H groups in total. The lowest BCUT2D eigenvalue weighted by Crippen LogP contribution is -1.95. The van der Waals surface area contributed by atoms with Crippen LogP contribution in [0, 0.1) is 0 Å². The van der Waals surface area contributed by atoms with Crippen LogP contribution in [0.15, 0.2) is 164 Å². The van der Waals surface area contributed by atoms with Crippen LogP contribution in [0.4, 0.5) is 0 Å². The van der Waals surface area contributed by atoms with Crippen molar-refractivity contribution in [1.82, 2.24) is 4.57 Å². The van der Waals surface area contributed by atoms with E-state index >= 15 is 0 Å². The summed E-state index contributed by atoms with van der Waals surface area (Å²) in [5.41, 5.74) is 11.5. The van der Waals surface area contributed by atoms with E-state index in [1.54, 1.807) is 0 Å². The second kappa shape index (κ2) is 9.19. The van der Waals surface area contributed by atoms with Crippen LogP contribution in [0.1, 0.15) is 0 Å². The highest BCUT2D eigenvalue weighted by Crippen LogP contribution is 2.49. The van der Waals surface area contributed by atoms with Gasteiger partial charge >= 0.3 is 0 Å². The molecule has 0 fully saturated rings. The number of para-hydroxylation sites is 1. The van der Waals surface area contributed by atoms with E-state index in [0.717, 1.165) is 0 Å². The summed E-state index contributed by atoms with van der Waals surface area (Å²) < 4.78 is 2.48. The lowest BCUT2D eigenvalue weighted by Gasteiger charge is -2.14. The number of hydrogen-bond acceptors (Lipinski definition) is 0.